The molecular formula is C8H14O. The lowest BCUT2D eigenvalue weighted by atomic mass is 10.0. The van der Waals surface area contributed by atoms with Gasteiger partial charge in [0, 0.05) is 6.42 Å². The van der Waals surface area contributed by atoms with Crippen LogP contribution in [0.2, 0.25) is 0 Å². The van der Waals surface area contributed by atoms with Crippen LogP contribution in [0.1, 0.15) is 26.7 Å². The Labute approximate surface area is 57.1 Å². The SMILES string of the molecule is C#CCCC(C)C(C)O. The molecule has 0 spiro atoms. The molecule has 1 heteroatoms. The number of hydrogen-bond acceptors (Lipinski definition) is 1. The van der Waals surface area contributed by atoms with E-state index in [9.17, 15) is 0 Å². The third kappa shape index (κ3) is 4.05. The van der Waals surface area contributed by atoms with Gasteiger partial charge >= 0.3 is 0 Å². The molecule has 52 valence electrons. The Morgan fingerprint density at radius 2 is 2.11 bits per heavy atom. The highest BCUT2D eigenvalue weighted by atomic mass is 16.3. The number of terminal acetylenes is 1. The summed E-state index contributed by atoms with van der Waals surface area (Å²) in [4.78, 5) is 0. The van der Waals surface area contributed by atoms with Crippen LogP contribution < -0.4 is 0 Å². The molecule has 0 aliphatic heterocycles. The van der Waals surface area contributed by atoms with Crippen molar-refractivity contribution >= 4 is 0 Å². The van der Waals surface area contributed by atoms with Crippen molar-refractivity contribution in [1.29, 1.82) is 0 Å². The molecular weight excluding hydrogens is 112 g/mol. The van der Waals surface area contributed by atoms with Gasteiger partial charge in [-0.05, 0) is 19.3 Å². The Bertz CT molecular complexity index is 99.6. The zero-order valence-corrected chi connectivity index (χ0v) is 6.09. The van der Waals surface area contributed by atoms with Crippen LogP contribution in [0, 0.1) is 18.3 Å². The van der Waals surface area contributed by atoms with Crippen LogP contribution in [0.5, 0.6) is 0 Å². The van der Waals surface area contributed by atoms with Crippen LogP contribution >= 0.6 is 0 Å². The Hall–Kier alpha value is -0.480. The molecule has 0 aliphatic carbocycles. The van der Waals surface area contributed by atoms with Gasteiger partial charge in [0.1, 0.15) is 0 Å². The van der Waals surface area contributed by atoms with Gasteiger partial charge < -0.3 is 5.11 Å². The van der Waals surface area contributed by atoms with Crippen molar-refractivity contribution in [2.75, 3.05) is 0 Å². The number of rotatable bonds is 3. The maximum atomic E-state index is 8.98. The molecule has 9 heavy (non-hydrogen) atoms. The normalized spacial score (nSPS) is 16.2. The quantitative estimate of drug-likeness (QED) is 0.567. The highest BCUT2D eigenvalue weighted by molar-refractivity contribution is 4.84. The highest BCUT2D eigenvalue weighted by Crippen LogP contribution is 2.08. The average Bonchev–Trinajstić information content (AvgIpc) is 1.82. The van der Waals surface area contributed by atoms with E-state index in [1.54, 1.807) is 6.92 Å². The lowest BCUT2D eigenvalue weighted by Crippen LogP contribution is -2.12. The Morgan fingerprint density at radius 1 is 1.56 bits per heavy atom. The van der Waals surface area contributed by atoms with Crippen molar-refractivity contribution in [3.8, 4) is 12.3 Å². The summed E-state index contributed by atoms with van der Waals surface area (Å²) < 4.78 is 0. The van der Waals surface area contributed by atoms with Gasteiger partial charge in [-0.1, -0.05) is 6.92 Å². The van der Waals surface area contributed by atoms with Gasteiger partial charge in [0.25, 0.3) is 0 Å². The van der Waals surface area contributed by atoms with Crippen molar-refractivity contribution in [3.63, 3.8) is 0 Å². The summed E-state index contributed by atoms with van der Waals surface area (Å²) in [6.07, 6.45) is 6.52. The maximum absolute atomic E-state index is 8.98. The molecule has 0 bridgehead atoms. The first-order chi connectivity index (χ1) is 4.18. The Morgan fingerprint density at radius 3 is 2.44 bits per heavy atom. The van der Waals surface area contributed by atoms with E-state index >= 15 is 0 Å². The molecule has 0 aliphatic rings. The number of aliphatic hydroxyl groups is 1. The molecule has 0 amide bonds. The molecule has 0 aromatic carbocycles. The molecule has 2 unspecified atom stereocenters. The summed E-state index contributed by atoms with van der Waals surface area (Å²) in [5, 5.41) is 8.98. The fourth-order valence-electron chi connectivity index (χ4n) is 0.552. The smallest absolute Gasteiger partial charge is 0.0537 e. The summed E-state index contributed by atoms with van der Waals surface area (Å²) in [5.41, 5.74) is 0. The zero-order valence-electron chi connectivity index (χ0n) is 6.09. The van der Waals surface area contributed by atoms with E-state index in [1.807, 2.05) is 6.92 Å². The second-order valence-corrected chi connectivity index (χ2v) is 2.46. The van der Waals surface area contributed by atoms with Gasteiger partial charge in [-0.2, -0.15) is 0 Å². The van der Waals surface area contributed by atoms with Crippen LogP contribution in [-0.2, 0) is 0 Å². The van der Waals surface area contributed by atoms with E-state index < -0.39 is 0 Å². The van der Waals surface area contributed by atoms with Crippen LogP contribution in [-0.4, -0.2) is 11.2 Å². The van der Waals surface area contributed by atoms with Crippen LogP contribution in [0.25, 0.3) is 0 Å². The predicted octanol–water partition coefficient (Wildman–Crippen LogP) is 1.42. The molecule has 0 heterocycles. The van der Waals surface area contributed by atoms with Crippen molar-refractivity contribution in [2.45, 2.75) is 32.8 Å². The minimum Gasteiger partial charge on any atom is -0.393 e. The molecule has 0 saturated heterocycles. The van der Waals surface area contributed by atoms with Gasteiger partial charge in [0.2, 0.25) is 0 Å². The Kier molecular flexibility index (Phi) is 4.17. The first kappa shape index (κ1) is 8.52. The fourth-order valence-corrected chi connectivity index (χ4v) is 0.552. The standard InChI is InChI=1S/C8H14O/c1-4-5-6-7(2)8(3)9/h1,7-9H,5-6H2,2-3H3. The molecule has 0 aromatic rings. The van der Waals surface area contributed by atoms with E-state index in [4.69, 9.17) is 11.5 Å². The third-order valence-corrected chi connectivity index (χ3v) is 1.57. The molecule has 0 saturated carbocycles. The lowest BCUT2D eigenvalue weighted by Gasteiger charge is -2.11. The molecule has 0 rings (SSSR count). The largest absolute Gasteiger partial charge is 0.393 e. The second-order valence-electron chi connectivity index (χ2n) is 2.46. The van der Waals surface area contributed by atoms with E-state index in [0.717, 1.165) is 12.8 Å². The van der Waals surface area contributed by atoms with E-state index in [1.165, 1.54) is 0 Å². The van der Waals surface area contributed by atoms with Crippen molar-refractivity contribution in [2.24, 2.45) is 5.92 Å². The van der Waals surface area contributed by atoms with Crippen LogP contribution in [0.3, 0.4) is 0 Å². The molecule has 0 radical (unpaired) electrons. The fraction of sp³-hybridized carbons (Fsp3) is 0.750. The van der Waals surface area contributed by atoms with Gasteiger partial charge in [0.05, 0.1) is 6.10 Å². The minimum atomic E-state index is -0.224. The molecule has 0 fully saturated rings. The second kappa shape index (κ2) is 4.40. The topological polar surface area (TPSA) is 20.2 Å². The molecule has 2 atom stereocenters. The number of hydrogen-bond donors (Lipinski definition) is 1. The summed E-state index contributed by atoms with van der Waals surface area (Å²) in [6.45, 7) is 3.79. The third-order valence-electron chi connectivity index (χ3n) is 1.57. The number of aliphatic hydroxyl groups excluding tert-OH is 1. The Balaban J connectivity index is 3.29. The van der Waals surface area contributed by atoms with Gasteiger partial charge in [0.15, 0.2) is 0 Å². The highest BCUT2D eigenvalue weighted by Gasteiger charge is 2.06. The van der Waals surface area contributed by atoms with Crippen molar-refractivity contribution in [1.82, 2.24) is 0 Å². The van der Waals surface area contributed by atoms with Gasteiger partial charge in [-0.25, -0.2) is 0 Å². The van der Waals surface area contributed by atoms with Gasteiger partial charge in [-0.3, -0.25) is 0 Å². The zero-order chi connectivity index (χ0) is 7.28. The summed E-state index contributed by atoms with van der Waals surface area (Å²) >= 11 is 0. The summed E-state index contributed by atoms with van der Waals surface area (Å²) in [6, 6.07) is 0. The van der Waals surface area contributed by atoms with Crippen LogP contribution in [0.15, 0.2) is 0 Å². The first-order valence-electron chi connectivity index (χ1n) is 3.30. The predicted molar refractivity (Wildman–Crippen MR) is 38.9 cm³/mol. The minimum absolute atomic E-state index is 0.224. The molecule has 0 aromatic heterocycles. The van der Waals surface area contributed by atoms with Crippen LogP contribution in [0.4, 0.5) is 0 Å². The van der Waals surface area contributed by atoms with E-state index in [2.05, 4.69) is 5.92 Å². The molecule has 1 nitrogen and oxygen atoms in total. The summed E-state index contributed by atoms with van der Waals surface area (Å²) in [7, 11) is 0. The maximum Gasteiger partial charge on any atom is 0.0537 e. The first-order valence-corrected chi connectivity index (χ1v) is 3.30. The summed E-state index contributed by atoms with van der Waals surface area (Å²) in [5.74, 6) is 2.88. The van der Waals surface area contributed by atoms with Gasteiger partial charge in [-0.15, -0.1) is 12.3 Å². The van der Waals surface area contributed by atoms with E-state index in [-0.39, 0.29) is 6.10 Å². The lowest BCUT2D eigenvalue weighted by molar-refractivity contribution is 0.131. The molecule has 1 N–H and O–H groups in total. The van der Waals surface area contributed by atoms with E-state index in [0.29, 0.717) is 5.92 Å². The van der Waals surface area contributed by atoms with Crippen molar-refractivity contribution in [3.05, 3.63) is 0 Å². The van der Waals surface area contributed by atoms with Crippen molar-refractivity contribution < 1.29 is 5.11 Å². The monoisotopic (exact) mass is 126 g/mol. The average molecular weight is 126 g/mol.